The van der Waals surface area contributed by atoms with Crippen molar-refractivity contribution in [2.45, 2.75) is 137 Å². The quantitative estimate of drug-likeness (QED) is 0.227. The summed E-state index contributed by atoms with van der Waals surface area (Å²) in [5, 5.41) is -0.571. The summed E-state index contributed by atoms with van der Waals surface area (Å²) in [6.07, 6.45) is 6.96. The molecule has 10 nitrogen and oxygen atoms in total. The van der Waals surface area contributed by atoms with E-state index in [2.05, 4.69) is 25.1 Å². The molecule has 0 unspecified atom stereocenters. The first-order valence-corrected chi connectivity index (χ1v) is 20.6. The number of fused-ring (bicyclic) bond motifs is 1. The van der Waals surface area contributed by atoms with Gasteiger partial charge in [0.1, 0.15) is 5.78 Å². The zero-order valence-corrected chi connectivity index (χ0v) is 33.6. The van der Waals surface area contributed by atoms with Gasteiger partial charge in [0.25, 0.3) is 0 Å². The summed E-state index contributed by atoms with van der Waals surface area (Å²) < 4.78 is 27.8. The Morgan fingerprint density at radius 3 is 1.96 bits per heavy atom. The fourth-order valence-corrected chi connectivity index (χ4v) is 11.4. The van der Waals surface area contributed by atoms with Crippen LogP contribution in [0, 0.1) is 50.2 Å². The van der Waals surface area contributed by atoms with Gasteiger partial charge in [-0.05, 0) is 72.0 Å². The molecular formula is C40H63N3O7S. The van der Waals surface area contributed by atoms with E-state index >= 15 is 0 Å². The maximum atomic E-state index is 14.9. The number of hydrogen-bond donors (Lipinski definition) is 1. The smallest absolute Gasteiger partial charge is 0.240 e. The summed E-state index contributed by atoms with van der Waals surface area (Å²) in [7, 11) is -0.392. The van der Waals surface area contributed by atoms with E-state index in [0.717, 1.165) is 19.3 Å². The van der Waals surface area contributed by atoms with Gasteiger partial charge < -0.3 is 9.80 Å². The Morgan fingerprint density at radius 2 is 1.53 bits per heavy atom. The third kappa shape index (κ3) is 6.75. The normalized spacial score (nSPS) is 30.3. The first-order chi connectivity index (χ1) is 23.3. The number of carbonyl (C=O) groups is 5. The predicted octanol–water partition coefficient (Wildman–Crippen LogP) is 5.70. The lowest BCUT2D eigenvalue weighted by Gasteiger charge is -2.36. The average Bonchev–Trinajstić information content (AvgIpc) is 3.91. The van der Waals surface area contributed by atoms with Gasteiger partial charge in [0.05, 0.1) is 16.7 Å². The molecule has 0 aromatic heterocycles. The van der Waals surface area contributed by atoms with Crippen LogP contribution in [0.1, 0.15) is 126 Å². The number of Topliss-reactive ketones (excluding diaryl/α,β-unsaturated/α-hetero) is 2. The van der Waals surface area contributed by atoms with Gasteiger partial charge in [-0.25, -0.2) is 8.42 Å². The van der Waals surface area contributed by atoms with Crippen molar-refractivity contribution in [2.24, 2.45) is 50.2 Å². The van der Waals surface area contributed by atoms with Crippen LogP contribution in [-0.4, -0.2) is 79.4 Å². The topological polar surface area (TPSA) is 138 Å². The average molecular weight is 730 g/mol. The van der Waals surface area contributed by atoms with E-state index in [9.17, 15) is 32.4 Å². The highest BCUT2D eigenvalue weighted by Crippen LogP contribution is 2.88. The molecule has 1 aliphatic heterocycles. The molecule has 51 heavy (non-hydrogen) atoms. The molecular weight excluding hydrogens is 667 g/mol. The summed E-state index contributed by atoms with van der Waals surface area (Å²) in [5.74, 6) is -2.44. The summed E-state index contributed by atoms with van der Waals surface area (Å²) in [4.78, 5) is 73.0. The highest BCUT2D eigenvalue weighted by Gasteiger charge is 2.85. The van der Waals surface area contributed by atoms with Crippen LogP contribution in [0.2, 0.25) is 0 Å². The lowest BCUT2D eigenvalue weighted by atomic mass is 9.72. The minimum atomic E-state index is -3.81. The van der Waals surface area contributed by atoms with E-state index in [1.54, 1.807) is 25.1 Å². The fraction of sp³-hybridized carbons (Fsp3) is 0.825. The molecule has 0 bridgehead atoms. The minimum absolute atomic E-state index is 0.00786. The first kappa shape index (κ1) is 39.6. The van der Waals surface area contributed by atoms with Crippen molar-refractivity contribution in [2.75, 3.05) is 20.6 Å². The maximum absolute atomic E-state index is 14.9. The molecule has 3 amide bonds. The summed E-state index contributed by atoms with van der Waals surface area (Å²) >= 11 is 0. The van der Waals surface area contributed by atoms with E-state index in [0.29, 0.717) is 32.2 Å². The molecule has 5 rings (SSSR count). The van der Waals surface area contributed by atoms with Gasteiger partial charge in [0, 0.05) is 57.7 Å². The monoisotopic (exact) mass is 729 g/mol. The molecule has 1 saturated heterocycles. The van der Waals surface area contributed by atoms with Gasteiger partial charge >= 0.3 is 0 Å². The van der Waals surface area contributed by atoms with Crippen molar-refractivity contribution < 1.29 is 32.4 Å². The Labute approximate surface area is 306 Å². The number of amides is 3. The molecule has 286 valence electrons. The van der Waals surface area contributed by atoms with Crippen LogP contribution in [-0.2, 0) is 34.0 Å². The first-order valence-electron chi connectivity index (χ1n) is 19.0. The summed E-state index contributed by atoms with van der Waals surface area (Å²) in [6, 6.07) is -0.771. The number of sulfonamides is 1. The van der Waals surface area contributed by atoms with Gasteiger partial charge in [0.2, 0.25) is 27.7 Å². The van der Waals surface area contributed by atoms with Crippen LogP contribution in [0.15, 0.2) is 12.7 Å². The van der Waals surface area contributed by atoms with E-state index in [1.807, 2.05) is 41.5 Å². The van der Waals surface area contributed by atoms with E-state index < -0.39 is 44.0 Å². The van der Waals surface area contributed by atoms with E-state index in [4.69, 9.17) is 0 Å². The molecule has 11 heteroatoms. The van der Waals surface area contributed by atoms with Crippen LogP contribution in [0.4, 0.5) is 0 Å². The molecule has 0 aromatic carbocycles. The van der Waals surface area contributed by atoms with E-state index in [1.165, 1.54) is 4.90 Å². The minimum Gasteiger partial charge on any atom is -0.349 e. The van der Waals surface area contributed by atoms with Gasteiger partial charge in [-0.1, -0.05) is 67.9 Å². The second-order valence-electron chi connectivity index (χ2n) is 19.8. The van der Waals surface area contributed by atoms with Gasteiger partial charge in [-0.15, -0.1) is 6.58 Å². The number of nitrogens with one attached hydrogen (secondary N) is 1. The zero-order valence-electron chi connectivity index (χ0n) is 32.8. The molecule has 1 heterocycles. The predicted molar refractivity (Wildman–Crippen MR) is 197 cm³/mol. The van der Waals surface area contributed by atoms with Crippen molar-refractivity contribution in [3.63, 3.8) is 0 Å². The number of carbonyl (C=O) groups excluding carboxylic acids is 5. The Kier molecular flexibility index (Phi) is 9.94. The lowest BCUT2D eigenvalue weighted by Crippen LogP contribution is -2.48. The molecule has 0 radical (unpaired) electrons. The van der Waals surface area contributed by atoms with Gasteiger partial charge in [-0.2, -0.15) is 0 Å². The molecule has 6 atom stereocenters. The Balaban J connectivity index is 1.42. The second kappa shape index (κ2) is 12.8. The van der Waals surface area contributed by atoms with Crippen molar-refractivity contribution >= 4 is 39.3 Å². The summed E-state index contributed by atoms with van der Waals surface area (Å²) in [6.45, 7) is 20.7. The number of allylic oxidation sites excluding steroid dienone is 1. The zero-order chi connectivity index (χ0) is 38.3. The molecule has 4 saturated carbocycles. The van der Waals surface area contributed by atoms with Crippen molar-refractivity contribution in [1.29, 1.82) is 0 Å². The maximum Gasteiger partial charge on any atom is 0.240 e. The lowest BCUT2D eigenvalue weighted by molar-refractivity contribution is -0.146. The summed E-state index contributed by atoms with van der Waals surface area (Å²) in [5.41, 5.74) is -2.36. The third-order valence-corrected chi connectivity index (χ3v) is 16.2. The molecule has 5 aliphatic rings. The molecule has 0 aromatic rings. The molecule has 5 fully saturated rings. The Morgan fingerprint density at radius 1 is 0.922 bits per heavy atom. The number of rotatable bonds is 14. The van der Waals surface area contributed by atoms with Crippen molar-refractivity contribution in [3.05, 3.63) is 12.7 Å². The Hall–Kier alpha value is -2.56. The number of hydrogen-bond acceptors (Lipinski definition) is 7. The standard InChI is InChI=1S/C40H63N3O7S/c1-12-25-21-38(25,34(48)41-51(49,50)28-14-15-28)23-31(45)30-22-40(37(8,9)39(40)16-13-17-39)24-43(30)33(47)29(36(5,6)7)20-27(44)18-26(35(2,3)4)19-32(46)42(10)11/h12,25-26,28-30H,1,13-24H2,2-11H3,(H,41,48)/t25-,26-,29-,30+,38-,40-/m1/s1. The number of ketones is 2. The van der Waals surface area contributed by atoms with Gasteiger partial charge in [-0.3, -0.25) is 28.7 Å². The fourth-order valence-electron chi connectivity index (χ4n) is 10.1. The molecule has 2 spiro atoms. The number of likely N-dealkylation sites (tertiary alicyclic amines) is 1. The van der Waals surface area contributed by atoms with Crippen LogP contribution < -0.4 is 4.72 Å². The van der Waals surface area contributed by atoms with Crippen molar-refractivity contribution in [3.8, 4) is 0 Å². The van der Waals surface area contributed by atoms with Crippen molar-refractivity contribution in [1.82, 2.24) is 14.5 Å². The molecule has 1 N–H and O–H groups in total. The van der Waals surface area contributed by atoms with Gasteiger partial charge in [0.15, 0.2) is 5.78 Å². The van der Waals surface area contributed by atoms with Crippen LogP contribution >= 0.6 is 0 Å². The second-order valence-corrected chi connectivity index (χ2v) is 21.7. The Bertz CT molecular complexity index is 1590. The van der Waals surface area contributed by atoms with E-state index in [-0.39, 0.29) is 82.6 Å². The highest BCUT2D eigenvalue weighted by atomic mass is 32.2. The molecule has 4 aliphatic carbocycles. The number of nitrogens with zero attached hydrogens (tertiary/aromatic N) is 2. The van der Waals surface area contributed by atoms with Crippen LogP contribution in [0.5, 0.6) is 0 Å². The third-order valence-electron chi connectivity index (χ3n) is 14.4. The van der Waals surface area contributed by atoms with Crippen LogP contribution in [0.3, 0.4) is 0 Å². The SMILES string of the molecule is C=C[C@@H]1C[C@]1(CC(=O)[C@@H]1C[C@@]2(CN1C(=O)[C@@H](CC(=O)C[C@H](CC(=O)N(C)C)C(C)(C)C)C(C)(C)C)C(C)(C)C21CCC1)C(=O)NS(=O)(=O)C1CC1. The van der Waals surface area contributed by atoms with Crippen LogP contribution in [0.25, 0.3) is 0 Å². The largest absolute Gasteiger partial charge is 0.349 e. The highest BCUT2D eigenvalue weighted by molar-refractivity contribution is 7.90.